The molecule has 0 saturated carbocycles. The van der Waals surface area contributed by atoms with E-state index in [1.54, 1.807) is 0 Å². The number of piperidine rings is 1. The fourth-order valence-corrected chi connectivity index (χ4v) is 5.89. The van der Waals surface area contributed by atoms with Gasteiger partial charge in [0.1, 0.15) is 15.2 Å². The molecule has 7 heteroatoms. The zero-order chi connectivity index (χ0) is 22.3. The molecule has 1 fully saturated rings. The maximum Gasteiger partial charge on any atom is 0.148 e. The van der Waals surface area contributed by atoms with E-state index in [4.69, 9.17) is 15.7 Å². The normalized spacial score (nSPS) is 20.7. The molecule has 0 radical (unpaired) electrons. The number of benzene rings is 1. The Kier molecular flexibility index (Phi) is 5.63. The molecule has 1 atom stereocenters. The van der Waals surface area contributed by atoms with E-state index < -0.39 is 0 Å². The number of H-pyrrole nitrogens is 1. The summed E-state index contributed by atoms with van der Waals surface area (Å²) >= 11 is 2.30. The van der Waals surface area contributed by atoms with Crippen LogP contribution in [0.4, 0.5) is 5.82 Å². The smallest absolute Gasteiger partial charge is 0.148 e. The molecular weight excluding hydrogens is 511 g/mol. The molecule has 6 nitrogen and oxygen atoms in total. The van der Waals surface area contributed by atoms with E-state index in [9.17, 15) is 0 Å². The van der Waals surface area contributed by atoms with Gasteiger partial charge in [0, 0.05) is 47.5 Å². The summed E-state index contributed by atoms with van der Waals surface area (Å²) in [7, 11) is 0. The Balaban J connectivity index is 1.35. The third-order valence-corrected chi connectivity index (χ3v) is 7.78. The molecule has 1 aliphatic heterocycles. The number of halogens is 1. The Morgan fingerprint density at radius 1 is 1.31 bits per heavy atom. The lowest BCUT2D eigenvalue weighted by Crippen LogP contribution is -2.48. The largest absolute Gasteiger partial charge is 0.360 e. The van der Waals surface area contributed by atoms with Crippen molar-refractivity contribution in [2.75, 3.05) is 18.0 Å². The van der Waals surface area contributed by atoms with E-state index in [2.05, 4.69) is 68.5 Å². The molecule has 164 valence electrons. The van der Waals surface area contributed by atoms with Gasteiger partial charge in [-0.3, -0.25) is 4.99 Å². The van der Waals surface area contributed by atoms with Gasteiger partial charge in [0.05, 0.1) is 6.20 Å². The number of hydrogen-bond donors (Lipinski definition) is 2. The predicted octanol–water partition coefficient (Wildman–Crippen LogP) is 5.08. The first-order valence-corrected chi connectivity index (χ1v) is 12.1. The van der Waals surface area contributed by atoms with Crippen LogP contribution in [0.2, 0.25) is 0 Å². The third-order valence-electron chi connectivity index (χ3n) is 7.03. The molecule has 1 aromatic carbocycles. The zero-order valence-corrected chi connectivity index (χ0v) is 20.3. The van der Waals surface area contributed by atoms with E-state index in [0.717, 1.165) is 69.9 Å². The summed E-state index contributed by atoms with van der Waals surface area (Å²) in [6.45, 7) is 7.63. The Morgan fingerprint density at radius 3 is 2.81 bits per heavy atom. The van der Waals surface area contributed by atoms with Gasteiger partial charge in [0.25, 0.3) is 0 Å². The van der Waals surface area contributed by atoms with Crippen molar-refractivity contribution in [3.63, 3.8) is 0 Å². The minimum atomic E-state index is 0.0109. The first-order chi connectivity index (χ1) is 15.6. The molecule has 1 aliphatic carbocycles. The minimum absolute atomic E-state index is 0.0109. The third kappa shape index (κ3) is 3.47. The fraction of sp³-hybridized carbons (Fsp3) is 0.320. The number of aromatic amines is 1. The van der Waals surface area contributed by atoms with Gasteiger partial charge >= 0.3 is 0 Å². The molecule has 3 heterocycles. The van der Waals surface area contributed by atoms with Crippen molar-refractivity contribution in [3.8, 4) is 11.3 Å². The summed E-state index contributed by atoms with van der Waals surface area (Å²) in [6.07, 6.45) is 11.0. The van der Waals surface area contributed by atoms with Gasteiger partial charge in [0.15, 0.2) is 0 Å². The Hall–Kier alpha value is -2.52. The van der Waals surface area contributed by atoms with Crippen LogP contribution < -0.4 is 10.6 Å². The molecule has 1 spiro atoms. The highest BCUT2D eigenvalue weighted by Gasteiger charge is 2.46. The van der Waals surface area contributed by atoms with Crippen molar-refractivity contribution in [3.05, 3.63) is 63.8 Å². The fourth-order valence-electron chi connectivity index (χ4n) is 5.21. The molecule has 32 heavy (non-hydrogen) atoms. The SMILES string of the molecule is C=NC1=C(/C=C\C)[C@@H](N)C2(CCN(c3cnc(-c4c[nH]c5ccccc45)c(I)n3)CC2)C1. The summed E-state index contributed by atoms with van der Waals surface area (Å²) in [6, 6.07) is 8.29. The lowest BCUT2D eigenvalue weighted by Gasteiger charge is -2.43. The molecule has 0 amide bonds. The van der Waals surface area contributed by atoms with Crippen LogP contribution in [-0.4, -0.2) is 40.8 Å². The van der Waals surface area contributed by atoms with Crippen LogP contribution in [0.5, 0.6) is 0 Å². The number of nitrogens with two attached hydrogens (primary N) is 1. The number of nitrogens with one attached hydrogen (secondary N) is 1. The average Bonchev–Trinajstić information content (AvgIpc) is 3.35. The Bertz CT molecular complexity index is 1230. The van der Waals surface area contributed by atoms with Crippen molar-refractivity contribution in [1.29, 1.82) is 0 Å². The number of nitrogens with zero attached hydrogens (tertiary/aromatic N) is 4. The summed E-state index contributed by atoms with van der Waals surface area (Å²) in [5, 5.41) is 1.17. The molecule has 1 saturated heterocycles. The molecule has 2 aromatic heterocycles. The second-order valence-corrected chi connectivity index (χ2v) is 9.70. The number of allylic oxidation sites excluding steroid dienone is 2. The van der Waals surface area contributed by atoms with Crippen LogP contribution in [0.1, 0.15) is 26.2 Å². The van der Waals surface area contributed by atoms with Crippen molar-refractivity contribution in [2.45, 2.75) is 32.2 Å². The van der Waals surface area contributed by atoms with E-state index in [0.29, 0.717) is 0 Å². The summed E-state index contributed by atoms with van der Waals surface area (Å²) in [5.74, 6) is 0.933. The highest BCUT2D eigenvalue weighted by Crippen LogP contribution is 2.49. The Labute approximate surface area is 201 Å². The van der Waals surface area contributed by atoms with Crippen LogP contribution in [0.15, 0.2) is 65.1 Å². The van der Waals surface area contributed by atoms with Gasteiger partial charge in [-0.1, -0.05) is 30.4 Å². The molecule has 0 bridgehead atoms. The van der Waals surface area contributed by atoms with Crippen molar-refractivity contribution in [1.82, 2.24) is 15.0 Å². The van der Waals surface area contributed by atoms with Crippen LogP contribution in [0.25, 0.3) is 22.2 Å². The lowest BCUT2D eigenvalue weighted by atomic mass is 9.72. The quantitative estimate of drug-likeness (QED) is 0.359. The molecule has 2 aliphatic rings. The highest BCUT2D eigenvalue weighted by atomic mass is 127. The number of hydrogen-bond acceptors (Lipinski definition) is 5. The Morgan fingerprint density at radius 2 is 2.09 bits per heavy atom. The second-order valence-electron chi connectivity index (χ2n) is 8.68. The van der Waals surface area contributed by atoms with Gasteiger partial charge in [0.2, 0.25) is 0 Å². The van der Waals surface area contributed by atoms with Gasteiger partial charge in [-0.15, -0.1) is 0 Å². The number of fused-ring (bicyclic) bond motifs is 1. The van der Waals surface area contributed by atoms with E-state index >= 15 is 0 Å². The van der Waals surface area contributed by atoms with E-state index in [1.165, 1.54) is 5.39 Å². The van der Waals surface area contributed by atoms with E-state index in [1.807, 2.05) is 31.5 Å². The standard InChI is InChI=1S/C25H27IN6/c1-3-6-17-20(28-2)13-25(23(17)27)9-11-32(12-10-25)21-15-30-22(24(26)31-21)18-14-29-19-8-5-4-7-16(18)19/h3-8,14-15,23,29H,2,9-13,27H2,1H3/b6-3-/t23-/m1/s1. The van der Waals surface area contributed by atoms with Crippen molar-refractivity contribution in [2.24, 2.45) is 16.1 Å². The van der Waals surface area contributed by atoms with Crippen LogP contribution in [0.3, 0.4) is 0 Å². The number of aliphatic imine (C=N–C) groups is 1. The molecule has 3 N–H and O–H groups in total. The monoisotopic (exact) mass is 538 g/mol. The average molecular weight is 538 g/mol. The molecule has 3 aromatic rings. The first-order valence-electron chi connectivity index (χ1n) is 11.0. The van der Waals surface area contributed by atoms with Crippen molar-refractivity contribution < 1.29 is 0 Å². The van der Waals surface area contributed by atoms with Gasteiger partial charge in [-0.05, 0) is 72.5 Å². The lowest BCUT2D eigenvalue weighted by molar-refractivity contribution is 0.203. The number of rotatable bonds is 4. The maximum absolute atomic E-state index is 6.72. The van der Waals surface area contributed by atoms with Crippen molar-refractivity contribution >= 4 is 46.0 Å². The number of anilines is 1. The minimum Gasteiger partial charge on any atom is -0.360 e. The predicted molar refractivity (Wildman–Crippen MR) is 140 cm³/mol. The molecule has 0 unspecified atom stereocenters. The summed E-state index contributed by atoms with van der Waals surface area (Å²) in [4.78, 5) is 19.7. The summed E-state index contributed by atoms with van der Waals surface area (Å²) < 4.78 is 0.915. The number of para-hydroxylation sites is 1. The van der Waals surface area contributed by atoms with Gasteiger partial charge in [-0.25, -0.2) is 9.97 Å². The van der Waals surface area contributed by atoms with Gasteiger partial charge in [-0.2, -0.15) is 0 Å². The van der Waals surface area contributed by atoms with E-state index in [-0.39, 0.29) is 11.5 Å². The molecule has 5 rings (SSSR count). The topological polar surface area (TPSA) is 83.2 Å². The molecular formula is C25H27IN6. The van der Waals surface area contributed by atoms with Crippen LogP contribution in [0, 0.1) is 9.12 Å². The summed E-state index contributed by atoms with van der Waals surface area (Å²) in [5.41, 5.74) is 12.1. The van der Waals surface area contributed by atoms with Crippen LogP contribution >= 0.6 is 22.6 Å². The highest BCUT2D eigenvalue weighted by molar-refractivity contribution is 14.1. The van der Waals surface area contributed by atoms with Crippen LogP contribution in [-0.2, 0) is 0 Å². The maximum atomic E-state index is 6.72. The first kappa shape index (κ1) is 21.3. The number of aromatic nitrogens is 3. The second kappa shape index (κ2) is 8.44. The van der Waals surface area contributed by atoms with Gasteiger partial charge < -0.3 is 15.6 Å². The zero-order valence-electron chi connectivity index (χ0n) is 18.2.